The number of aromatic nitrogens is 3. The number of rotatable bonds is 7. The first kappa shape index (κ1) is 13.2. The van der Waals surface area contributed by atoms with Gasteiger partial charge < -0.3 is 5.32 Å². The lowest BCUT2D eigenvalue weighted by molar-refractivity contribution is 0.374. The van der Waals surface area contributed by atoms with E-state index in [1.807, 2.05) is 11.7 Å². The molecule has 92 valence electrons. The third-order valence-corrected chi connectivity index (χ3v) is 2.95. The van der Waals surface area contributed by atoms with Crippen LogP contribution in [0.25, 0.3) is 0 Å². The maximum atomic E-state index is 4.25. The van der Waals surface area contributed by atoms with Crippen molar-refractivity contribution < 1.29 is 0 Å². The summed E-state index contributed by atoms with van der Waals surface area (Å²) >= 11 is 0. The first-order chi connectivity index (χ1) is 7.65. The summed E-state index contributed by atoms with van der Waals surface area (Å²) in [5.74, 6) is 1.74. The van der Waals surface area contributed by atoms with Gasteiger partial charge >= 0.3 is 0 Å². The lowest BCUT2D eigenvalue weighted by atomic mass is 9.99. The zero-order valence-electron chi connectivity index (χ0n) is 10.9. The van der Waals surface area contributed by atoms with Gasteiger partial charge in [-0.2, -0.15) is 5.10 Å². The molecule has 1 rings (SSSR count). The Morgan fingerprint density at radius 3 is 2.69 bits per heavy atom. The molecule has 0 saturated heterocycles. The maximum absolute atomic E-state index is 4.25. The molecule has 1 N–H and O–H groups in total. The fourth-order valence-corrected chi connectivity index (χ4v) is 1.83. The van der Waals surface area contributed by atoms with Crippen molar-refractivity contribution in [3.63, 3.8) is 0 Å². The van der Waals surface area contributed by atoms with E-state index in [-0.39, 0.29) is 0 Å². The van der Waals surface area contributed by atoms with Crippen LogP contribution in [0.3, 0.4) is 0 Å². The SMILES string of the molecule is CCCNC(CCc1ncnn1C)C(C)C. The molecule has 0 bridgehead atoms. The standard InChI is InChI=1S/C12H24N4/c1-5-8-13-11(10(2)3)6-7-12-14-9-15-16(12)4/h9-11,13H,5-8H2,1-4H3. The van der Waals surface area contributed by atoms with Crippen molar-refractivity contribution in [3.8, 4) is 0 Å². The second kappa shape index (κ2) is 6.63. The summed E-state index contributed by atoms with van der Waals surface area (Å²) in [4.78, 5) is 4.25. The normalized spacial score (nSPS) is 13.3. The molecule has 1 atom stereocenters. The fraction of sp³-hybridized carbons (Fsp3) is 0.833. The van der Waals surface area contributed by atoms with Crippen molar-refractivity contribution in [2.45, 2.75) is 46.1 Å². The predicted molar refractivity (Wildman–Crippen MR) is 66.2 cm³/mol. The van der Waals surface area contributed by atoms with Gasteiger partial charge in [0.05, 0.1) is 0 Å². The van der Waals surface area contributed by atoms with E-state index in [4.69, 9.17) is 0 Å². The quantitative estimate of drug-likeness (QED) is 0.767. The van der Waals surface area contributed by atoms with Crippen molar-refractivity contribution in [1.29, 1.82) is 0 Å². The van der Waals surface area contributed by atoms with Gasteiger partial charge in [-0.3, -0.25) is 4.68 Å². The molecule has 0 fully saturated rings. The largest absolute Gasteiger partial charge is 0.314 e. The Bertz CT molecular complexity index is 293. The molecule has 0 spiro atoms. The lowest BCUT2D eigenvalue weighted by Crippen LogP contribution is -2.35. The predicted octanol–water partition coefficient (Wildman–Crippen LogP) is 1.77. The van der Waals surface area contributed by atoms with Gasteiger partial charge in [-0.15, -0.1) is 0 Å². The van der Waals surface area contributed by atoms with Gasteiger partial charge in [0, 0.05) is 19.5 Å². The highest BCUT2D eigenvalue weighted by atomic mass is 15.3. The van der Waals surface area contributed by atoms with Crippen molar-refractivity contribution >= 4 is 0 Å². The number of nitrogens with zero attached hydrogens (tertiary/aromatic N) is 3. The van der Waals surface area contributed by atoms with Crippen LogP contribution in [0.15, 0.2) is 6.33 Å². The average Bonchev–Trinajstić information content (AvgIpc) is 2.64. The lowest BCUT2D eigenvalue weighted by Gasteiger charge is -2.21. The molecule has 4 heteroatoms. The Hall–Kier alpha value is -0.900. The zero-order chi connectivity index (χ0) is 12.0. The van der Waals surface area contributed by atoms with Crippen LogP contribution >= 0.6 is 0 Å². The molecule has 0 amide bonds. The molecule has 1 aromatic heterocycles. The first-order valence-electron chi connectivity index (χ1n) is 6.21. The van der Waals surface area contributed by atoms with E-state index in [1.54, 1.807) is 6.33 Å². The number of nitrogens with one attached hydrogen (secondary N) is 1. The van der Waals surface area contributed by atoms with E-state index < -0.39 is 0 Å². The van der Waals surface area contributed by atoms with Crippen LogP contribution < -0.4 is 5.32 Å². The van der Waals surface area contributed by atoms with Crippen LogP contribution in [0.1, 0.15) is 39.4 Å². The minimum absolute atomic E-state index is 0.580. The number of aryl methyl sites for hydroxylation is 2. The Balaban J connectivity index is 2.40. The molecule has 0 saturated carbocycles. The molecule has 4 nitrogen and oxygen atoms in total. The Morgan fingerprint density at radius 1 is 1.44 bits per heavy atom. The van der Waals surface area contributed by atoms with Crippen LogP contribution in [-0.4, -0.2) is 27.4 Å². The van der Waals surface area contributed by atoms with Gasteiger partial charge in [0.1, 0.15) is 12.2 Å². The Morgan fingerprint density at radius 2 is 2.19 bits per heavy atom. The highest BCUT2D eigenvalue weighted by Gasteiger charge is 2.13. The smallest absolute Gasteiger partial charge is 0.138 e. The van der Waals surface area contributed by atoms with Crippen LogP contribution in [-0.2, 0) is 13.5 Å². The van der Waals surface area contributed by atoms with Gasteiger partial charge in [-0.05, 0) is 25.3 Å². The highest BCUT2D eigenvalue weighted by Crippen LogP contribution is 2.09. The Kier molecular flexibility index (Phi) is 5.46. The summed E-state index contributed by atoms with van der Waals surface area (Å²) < 4.78 is 1.86. The van der Waals surface area contributed by atoms with E-state index in [0.29, 0.717) is 12.0 Å². The highest BCUT2D eigenvalue weighted by molar-refractivity contribution is 4.86. The van der Waals surface area contributed by atoms with Crippen molar-refractivity contribution in [2.75, 3.05) is 6.54 Å². The minimum Gasteiger partial charge on any atom is -0.314 e. The second-order valence-electron chi connectivity index (χ2n) is 4.64. The topological polar surface area (TPSA) is 42.7 Å². The van der Waals surface area contributed by atoms with Crippen LogP contribution in [0.2, 0.25) is 0 Å². The molecule has 0 aliphatic rings. The van der Waals surface area contributed by atoms with E-state index in [9.17, 15) is 0 Å². The van der Waals surface area contributed by atoms with Gasteiger partial charge in [0.15, 0.2) is 0 Å². The van der Waals surface area contributed by atoms with Gasteiger partial charge in [0.2, 0.25) is 0 Å². The first-order valence-corrected chi connectivity index (χ1v) is 6.21. The molecule has 0 aliphatic heterocycles. The molecule has 0 radical (unpaired) electrons. The molecular formula is C12H24N4. The Labute approximate surface area is 98.5 Å². The van der Waals surface area contributed by atoms with Gasteiger partial charge in [0.25, 0.3) is 0 Å². The average molecular weight is 224 g/mol. The van der Waals surface area contributed by atoms with Crippen LogP contribution in [0, 0.1) is 5.92 Å². The van der Waals surface area contributed by atoms with Crippen LogP contribution in [0.4, 0.5) is 0 Å². The minimum atomic E-state index is 0.580. The molecular weight excluding hydrogens is 200 g/mol. The second-order valence-corrected chi connectivity index (χ2v) is 4.64. The van der Waals surface area contributed by atoms with Gasteiger partial charge in [-0.25, -0.2) is 4.98 Å². The summed E-state index contributed by atoms with van der Waals surface area (Å²) in [7, 11) is 1.95. The molecule has 16 heavy (non-hydrogen) atoms. The van der Waals surface area contributed by atoms with Crippen molar-refractivity contribution in [1.82, 2.24) is 20.1 Å². The van der Waals surface area contributed by atoms with E-state index in [1.165, 1.54) is 6.42 Å². The number of hydrogen-bond donors (Lipinski definition) is 1. The monoisotopic (exact) mass is 224 g/mol. The van der Waals surface area contributed by atoms with E-state index in [0.717, 1.165) is 25.2 Å². The summed E-state index contributed by atoms with van der Waals surface area (Å²) in [5, 5.41) is 7.68. The number of hydrogen-bond acceptors (Lipinski definition) is 3. The molecule has 0 aliphatic carbocycles. The summed E-state index contributed by atoms with van der Waals surface area (Å²) in [6.45, 7) is 7.84. The van der Waals surface area contributed by atoms with Crippen LogP contribution in [0.5, 0.6) is 0 Å². The fourth-order valence-electron chi connectivity index (χ4n) is 1.83. The van der Waals surface area contributed by atoms with Crippen molar-refractivity contribution in [3.05, 3.63) is 12.2 Å². The third-order valence-electron chi connectivity index (χ3n) is 2.95. The summed E-state index contributed by atoms with van der Waals surface area (Å²) in [6.07, 6.45) is 4.94. The van der Waals surface area contributed by atoms with Gasteiger partial charge in [-0.1, -0.05) is 20.8 Å². The van der Waals surface area contributed by atoms with Crippen molar-refractivity contribution in [2.24, 2.45) is 13.0 Å². The summed E-state index contributed by atoms with van der Waals surface area (Å²) in [6, 6.07) is 0.580. The molecule has 0 aromatic carbocycles. The third kappa shape index (κ3) is 3.93. The molecule has 1 unspecified atom stereocenters. The summed E-state index contributed by atoms with van der Waals surface area (Å²) in [5.41, 5.74) is 0. The molecule has 1 heterocycles. The maximum Gasteiger partial charge on any atom is 0.138 e. The zero-order valence-corrected chi connectivity index (χ0v) is 10.9. The van der Waals surface area contributed by atoms with E-state index >= 15 is 0 Å². The van der Waals surface area contributed by atoms with E-state index in [2.05, 4.69) is 36.2 Å². The molecule has 1 aromatic rings.